The van der Waals surface area contributed by atoms with Crippen LogP contribution in [-0.4, -0.2) is 30.6 Å². The molecule has 0 N–H and O–H groups in total. The van der Waals surface area contributed by atoms with Gasteiger partial charge in [-0.15, -0.1) is 0 Å². The molecular formula is C12H13ClFNO2. The van der Waals surface area contributed by atoms with E-state index in [9.17, 15) is 9.18 Å². The van der Waals surface area contributed by atoms with Gasteiger partial charge in [-0.1, -0.05) is 17.7 Å². The van der Waals surface area contributed by atoms with Crippen LogP contribution in [0.5, 0.6) is 0 Å². The standard InChI is InChI=1S/C12H13ClFNO2/c13-10-2-1-3-11(14)9(10)8-15-5-7-17-6-4-12(15)16/h1-3H,4-8H2. The quantitative estimate of drug-likeness (QED) is 0.813. The molecule has 92 valence electrons. The molecule has 0 aliphatic carbocycles. The maximum atomic E-state index is 13.6. The molecule has 2 rings (SSSR count). The first-order chi connectivity index (χ1) is 8.18. The number of carbonyl (C=O) groups is 1. The fourth-order valence-corrected chi connectivity index (χ4v) is 1.98. The van der Waals surface area contributed by atoms with Crippen molar-refractivity contribution < 1.29 is 13.9 Å². The van der Waals surface area contributed by atoms with Crippen molar-refractivity contribution in [3.8, 4) is 0 Å². The molecule has 1 heterocycles. The molecule has 1 aromatic carbocycles. The smallest absolute Gasteiger partial charge is 0.225 e. The molecule has 1 fully saturated rings. The van der Waals surface area contributed by atoms with Gasteiger partial charge in [-0.05, 0) is 12.1 Å². The van der Waals surface area contributed by atoms with Crippen LogP contribution in [0.3, 0.4) is 0 Å². The predicted molar refractivity (Wildman–Crippen MR) is 62.3 cm³/mol. The zero-order valence-electron chi connectivity index (χ0n) is 9.29. The van der Waals surface area contributed by atoms with Gasteiger partial charge >= 0.3 is 0 Å². The molecule has 1 aliphatic heterocycles. The van der Waals surface area contributed by atoms with Crippen molar-refractivity contribution in [2.45, 2.75) is 13.0 Å². The van der Waals surface area contributed by atoms with Gasteiger partial charge < -0.3 is 9.64 Å². The Morgan fingerprint density at radius 2 is 2.24 bits per heavy atom. The third-order valence-electron chi connectivity index (χ3n) is 2.73. The summed E-state index contributed by atoms with van der Waals surface area (Å²) in [7, 11) is 0. The molecule has 0 saturated carbocycles. The number of amides is 1. The minimum absolute atomic E-state index is 0.0261. The third-order valence-corrected chi connectivity index (χ3v) is 3.08. The first kappa shape index (κ1) is 12.3. The van der Waals surface area contributed by atoms with E-state index in [-0.39, 0.29) is 18.3 Å². The van der Waals surface area contributed by atoms with Gasteiger partial charge in [0.1, 0.15) is 5.82 Å². The van der Waals surface area contributed by atoms with Crippen LogP contribution in [0.1, 0.15) is 12.0 Å². The molecule has 0 unspecified atom stereocenters. The number of carbonyl (C=O) groups excluding carboxylic acids is 1. The summed E-state index contributed by atoms with van der Waals surface area (Å²) in [5, 5.41) is 0.350. The van der Waals surface area contributed by atoms with E-state index in [2.05, 4.69) is 0 Å². The molecule has 5 heteroatoms. The first-order valence-electron chi connectivity index (χ1n) is 5.47. The molecule has 0 aromatic heterocycles. The van der Waals surface area contributed by atoms with Gasteiger partial charge in [-0.2, -0.15) is 0 Å². The van der Waals surface area contributed by atoms with Crippen molar-refractivity contribution in [3.05, 3.63) is 34.6 Å². The van der Waals surface area contributed by atoms with Crippen molar-refractivity contribution in [1.82, 2.24) is 4.90 Å². The van der Waals surface area contributed by atoms with Crippen LogP contribution in [0.25, 0.3) is 0 Å². The maximum absolute atomic E-state index is 13.6. The minimum Gasteiger partial charge on any atom is -0.379 e. The molecule has 1 saturated heterocycles. The number of rotatable bonds is 2. The van der Waals surface area contributed by atoms with Crippen LogP contribution in [0.4, 0.5) is 4.39 Å². The number of benzene rings is 1. The van der Waals surface area contributed by atoms with E-state index >= 15 is 0 Å². The summed E-state index contributed by atoms with van der Waals surface area (Å²) in [5.41, 5.74) is 0.365. The summed E-state index contributed by atoms with van der Waals surface area (Å²) < 4.78 is 18.8. The van der Waals surface area contributed by atoms with E-state index < -0.39 is 0 Å². The molecule has 0 spiro atoms. The molecule has 17 heavy (non-hydrogen) atoms. The number of ether oxygens (including phenoxy) is 1. The normalized spacial score (nSPS) is 17.1. The van der Waals surface area contributed by atoms with E-state index in [1.54, 1.807) is 17.0 Å². The van der Waals surface area contributed by atoms with Crippen LogP contribution >= 0.6 is 11.6 Å². The van der Waals surface area contributed by atoms with E-state index in [0.29, 0.717) is 36.8 Å². The van der Waals surface area contributed by atoms with Crippen molar-refractivity contribution >= 4 is 17.5 Å². The average Bonchev–Trinajstić information content (AvgIpc) is 2.49. The van der Waals surface area contributed by atoms with Gasteiger partial charge in [0.15, 0.2) is 0 Å². The second-order valence-electron chi connectivity index (χ2n) is 3.88. The fourth-order valence-electron chi connectivity index (χ4n) is 1.76. The third kappa shape index (κ3) is 2.96. The van der Waals surface area contributed by atoms with Crippen LogP contribution in [0.15, 0.2) is 18.2 Å². The molecule has 1 amide bonds. The Kier molecular flexibility index (Phi) is 3.97. The first-order valence-corrected chi connectivity index (χ1v) is 5.84. The zero-order chi connectivity index (χ0) is 12.3. The lowest BCUT2D eigenvalue weighted by Crippen LogP contribution is -2.31. The zero-order valence-corrected chi connectivity index (χ0v) is 10.0. The lowest BCUT2D eigenvalue weighted by Gasteiger charge is -2.20. The fraction of sp³-hybridized carbons (Fsp3) is 0.417. The van der Waals surface area contributed by atoms with Gasteiger partial charge in [0.25, 0.3) is 0 Å². The number of halogens is 2. The SMILES string of the molecule is O=C1CCOCCN1Cc1c(F)cccc1Cl. The van der Waals surface area contributed by atoms with E-state index in [1.165, 1.54) is 6.07 Å². The van der Waals surface area contributed by atoms with Crippen molar-refractivity contribution in [3.63, 3.8) is 0 Å². The summed E-state index contributed by atoms with van der Waals surface area (Å²) in [6.45, 7) is 1.59. The summed E-state index contributed by atoms with van der Waals surface area (Å²) in [6, 6.07) is 4.52. The lowest BCUT2D eigenvalue weighted by atomic mass is 10.2. The Morgan fingerprint density at radius 3 is 3.00 bits per heavy atom. The van der Waals surface area contributed by atoms with Gasteiger partial charge in [-0.3, -0.25) is 4.79 Å². The van der Waals surface area contributed by atoms with Crippen molar-refractivity contribution in [1.29, 1.82) is 0 Å². The van der Waals surface area contributed by atoms with Gasteiger partial charge in [0, 0.05) is 17.1 Å². The Labute approximate surface area is 104 Å². The van der Waals surface area contributed by atoms with Crippen molar-refractivity contribution in [2.75, 3.05) is 19.8 Å². The second kappa shape index (κ2) is 5.47. The molecule has 0 atom stereocenters. The largest absolute Gasteiger partial charge is 0.379 e. The number of nitrogens with zero attached hydrogens (tertiary/aromatic N) is 1. The van der Waals surface area contributed by atoms with Crippen LogP contribution in [0.2, 0.25) is 5.02 Å². The monoisotopic (exact) mass is 257 g/mol. The summed E-state index contributed by atoms with van der Waals surface area (Å²) in [5.74, 6) is -0.405. The molecule has 1 aromatic rings. The molecular weight excluding hydrogens is 245 g/mol. The van der Waals surface area contributed by atoms with Crippen LogP contribution in [0, 0.1) is 5.82 Å². The highest BCUT2D eigenvalue weighted by atomic mass is 35.5. The van der Waals surface area contributed by atoms with Crippen molar-refractivity contribution in [2.24, 2.45) is 0 Å². The number of hydrogen-bond donors (Lipinski definition) is 0. The molecule has 0 radical (unpaired) electrons. The minimum atomic E-state index is -0.379. The average molecular weight is 258 g/mol. The van der Waals surface area contributed by atoms with E-state index in [4.69, 9.17) is 16.3 Å². The van der Waals surface area contributed by atoms with E-state index in [1.807, 2.05) is 0 Å². The molecule has 3 nitrogen and oxygen atoms in total. The Morgan fingerprint density at radius 1 is 1.41 bits per heavy atom. The molecule has 1 aliphatic rings. The highest BCUT2D eigenvalue weighted by Gasteiger charge is 2.19. The second-order valence-corrected chi connectivity index (χ2v) is 4.29. The lowest BCUT2D eigenvalue weighted by molar-refractivity contribution is -0.131. The number of hydrogen-bond acceptors (Lipinski definition) is 2. The highest BCUT2D eigenvalue weighted by Crippen LogP contribution is 2.21. The summed E-state index contributed by atoms with van der Waals surface area (Å²) in [4.78, 5) is 13.3. The topological polar surface area (TPSA) is 29.5 Å². The van der Waals surface area contributed by atoms with E-state index in [0.717, 1.165) is 0 Å². The Hall–Kier alpha value is -1.13. The Balaban J connectivity index is 2.16. The van der Waals surface area contributed by atoms with Gasteiger partial charge in [0.2, 0.25) is 5.91 Å². The predicted octanol–water partition coefficient (Wildman–Crippen LogP) is 2.23. The van der Waals surface area contributed by atoms with Crippen LogP contribution < -0.4 is 0 Å². The molecule has 0 bridgehead atoms. The summed E-state index contributed by atoms with van der Waals surface area (Å²) >= 11 is 5.93. The van der Waals surface area contributed by atoms with Crippen LogP contribution in [-0.2, 0) is 16.1 Å². The summed E-state index contributed by atoms with van der Waals surface area (Å²) in [6.07, 6.45) is 0.339. The Bertz CT molecular complexity index is 405. The highest BCUT2D eigenvalue weighted by molar-refractivity contribution is 6.31. The van der Waals surface area contributed by atoms with Gasteiger partial charge in [-0.25, -0.2) is 4.39 Å². The van der Waals surface area contributed by atoms with Gasteiger partial charge in [0.05, 0.1) is 26.2 Å². The maximum Gasteiger partial charge on any atom is 0.225 e.